The Hall–Kier alpha value is -2.56. The van der Waals surface area contributed by atoms with Crippen molar-refractivity contribution in [3.8, 4) is 0 Å². The number of rotatable bonds is 3. The lowest BCUT2D eigenvalue weighted by Gasteiger charge is -2.04. The van der Waals surface area contributed by atoms with Gasteiger partial charge in [0.15, 0.2) is 5.96 Å². The zero-order chi connectivity index (χ0) is 13.0. The third kappa shape index (κ3) is 2.98. The topological polar surface area (TPSA) is 86.4 Å². The molecule has 1 heterocycles. The molecule has 0 spiro atoms. The number of hydrogen-bond donors (Lipinski definition) is 2. The molecule has 1 aromatic carbocycles. The maximum absolute atomic E-state index is 11.7. The largest absolute Gasteiger partial charge is 0.370 e. The average Bonchev–Trinajstić information content (AvgIpc) is 2.81. The van der Waals surface area contributed by atoms with Crippen LogP contribution in [0.1, 0.15) is 15.9 Å². The van der Waals surface area contributed by atoms with E-state index in [0.717, 1.165) is 5.56 Å². The Kier molecular flexibility index (Phi) is 3.43. The van der Waals surface area contributed by atoms with Crippen LogP contribution in [0.25, 0.3) is 0 Å². The van der Waals surface area contributed by atoms with Gasteiger partial charge in [0.1, 0.15) is 0 Å². The van der Waals surface area contributed by atoms with Gasteiger partial charge in [0.05, 0.1) is 0 Å². The molecular formula is C13H14N4O. The molecule has 1 amide bonds. The highest BCUT2D eigenvalue weighted by Crippen LogP contribution is 2.08. The third-order valence-electron chi connectivity index (χ3n) is 2.44. The summed E-state index contributed by atoms with van der Waals surface area (Å²) in [5.74, 6) is -0.653. The summed E-state index contributed by atoms with van der Waals surface area (Å²) >= 11 is 0. The summed E-state index contributed by atoms with van der Waals surface area (Å²) in [6.07, 6.45) is 3.93. The minimum Gasteiger partial charge on any atom is -0.370 e. The van der Waals surface area contributed by atoms with Gasteiger partial charge in [-0.05, 0) is 29.8 Å². The molecule has 0 saturated heterocycles. The van der Waals surface area contributed by atoms with Gasteiger partial charge in [-0.2, -0.15) is 4.99 Å². The number of nitrogens with two attached hydrogens (primary N) is 2. The maximum Gasteiger partial charge on any atom is 0.280 e. The van der Waals surface area contributed by atoms with Crippen molar-refractivity contribution in [3.05, 3.63) is 59.9 Å². The first-order chi connectivity index (χ1) is 8.65. The van der Waals surface area contributed by atoms with Crippen LogP contribution in [0.4, 0.5) is 0 Å². The summed E-state index contributed by atoms with van der Waals surface area (Å²) in [4.78, 5) is 15.2. The monoisotopic (exact) mass is 242 g/mol. The van der Waals surface area contributed by atoms with E-state index in [1.165, 1.54) is 0 Å². The Bertz CT molecular complexity index is 568. The fourth-order valence-electron chi connectivity index (χ4n) is 1.67. The van der Waals surface area contributed by atoms with Gasteiger partial charge in [0.25, 0.3) is 5.91 Å². The minimum absolute atomic E-state index is 0.226. The van der Waals surface area contributed by atoms with Gasteiger partial charge in [-0.1, -0.05) is 12.1 Å². The summed E-state index contributed by atoms with van der Waals surface area (Å²) in [5, 5.41) is 0. The van der Waals surface area contributed by atoms with E-state index in [1.807, 2.05) is 41.2 Å². The molecular weight excluding hydrogens is 228 g/mol. The third-order valence-corrected chi connectivity index (χ3v) is 2.44. The molecule has 0 saturated carbocycles. The van der Waals surface area contributed by atoms with Crippen molar-refractivity contribution in [2.45, 2.75) is 6.54 Å². The van der Waals surface area contributed by atoms with Gasteiger partial charge in [0.2, 0.25) is 0 Å². The fraction of sp³-hybridized carbons (Fsp3) is 0.0769. The Morgan fingerprint density at radius 3 is 2.56 bits per heavy atom. The molecule has 1 aromatic heterocycles. The summed E-state index contributed by atoms with van der Waals surface area (Å²) in [6, 6.07) is 11.1. The molecule has 4 N–H and O–H groups in total. The molecule has 0 atom stereocenters. The lowest BCUT2D eigenvalue weighted by atomic mass is 10.1. The molecule has 0 fully saturated rings. The SMILES string of the molecule is NC(N)=NC(=O)c1cccc(Cn2cccc2)c1. The van der Waals surface area contributed by atoms with Crippen LogP contribution in [0.5, 0.6) is 0 Å². The molecule has 0 radical (unpaired) electrons. The average molecular weight is 242 g/mol. The first kappa shape index (κ1) is 11.9. The quantitative estimate of drug-likeness (QED) is 0.620. The highest BCUT2D eigenvalue weighted by molar-refractivity contribution is 6.01. The molecule has 18 heavy (non-hydrogen) atoms. The van der Waals surface area contributed by atoms with Gasteiger partial charge in [-0.15, -0.1) is 0 Å². The van der Waals surface area contributed by atoms with E-state index in [-0.39, 0.29) is 5.96 Å². The summed E-state index contributed by atoms with van der Waals surface area (Å²) in [5.41, 5.74) is 11.9. The molecule has 0 unspecified atom stereocenters. The number of amides is 1. The molecule has 0 aliphatic heterocycles. The van der Waals surface area contributed by atoms with E-state index in [0.29, 0.717) is 12.1 Å². The standard InChI is InChI=1S/C13H14N4O/c14-13(15)16-12(18)11-5-3-4-10(8-11)9-17-6-1-2-7-17/h1-8H,9H2,(H4,14,15,16,18). The highest BCUT2D eigenvalue weighted by Gasteiger charge is 2.05. The van der Waals surface area contributed by atoms with Crippen LogP contribution in [-0.4, -0.2) is 16.4 Å². The number of benzene rings is 1. The first-order valence-corrected chi connectivity index (χ1v) is 5.49. The van der Waals surface area contributed by atoms with Crippen molar-refractivity contribution in [3.63, 3.8) is 0 Å². The summed E-state index contributed by atoms with van der Waals surface area (Å²) in [6.45, 7) is 0.704. The number of aromatic nitrogens is 1. The highest BCUT2D eigenvalue weighted by atomic mass is 16.1. The predicted molar refractivity (Wildman–Crippen MR) is 70.1 cm³/mol. The Balaban J connectivity index is 2.20. The summed E-state index contributed by atoms with van der Waals surface area (Å²) in [7, 11) is 0. The molecule has 2 aromatic rings. The van der Waals surface area contributed by atoms with E-state index < -0.39 is 5.91 Å². The van der Waals surface area contributed by atoms with Crippen molar-refractivity contribution in [1.82, 2.24) is 4.57 Å². The van der Waals surface area contributed by atoms with Crippen LogP contribution >= 0.6 is 0 Å². The Labute approximate surface area is 105 Å². The second kappa shape index (κ2) is 5.18. The van der Waals surface area contributed by atoms with Crippen molar-refractivity contribution in [1.29, 1.82) is 0 Å². The predicted octanol–water partition coefficient (Wildman–Crippen LogP) is 0.950. The van der Waals surface area contributed by atoms with Gasteiger partial charge in [0, 0.05) is 24.5 Å². The van der Waals surface area contributed by atoms with Crippen LogP contribution < -0.4 is 11.5 Å². The molecule has 5 heteroatoms. The van der Waals surface area contributed by atoms with E-state index in [9.17, 15) is 4.79 Å². The van der Waals surface area contributed by atoms with Crippen LogP contribution in [-0.2, 0) is 6.54 Å². The molecule has 5 nitrogen and oxygen atoms in total. The van der Waals surface area contributed by atoms with Crippen LogP contribution in [0.15, 0.2) is 53.8 Å². The second-order valence-corrected chi connectivity index (χ2v) is 3.90. The number of aliphatic imine (C=N–C) groups is 1. The van der Waals surface area contributed by atoms with Gasteiger partial charge >= 0.3 is 0 Å². The van der Waals surface area contributed by atoms with E-state index >= 15 is 0 Å². The molecule has 0 bridgehead atoms. The molecule has 92 valence electrons. The van der Waals surface area contributed by atoms with Gasteiger partial charge in [-0.3, -0.25) is 4.79 Å². The number of nitrogens with zero attached hydrogens (tertiary/aromatic N) is 2. The molecule has 0 aliphatic carbocycles. The van der Waals surface area contributed by atoms with Crippen molar-refractivity contribution in [2.24, 2.45) is 16.5 Å². The minimum atomic E-state index is -0.427. The van der Waals surface area contributed by atoms with Gasteiger partial charge in [-0.25, -0.2) is 0 Å². The van der Waals surface area contributed by atoms with Crippen LogP contribution in [0.2, 0.25) is 0 Å². The van der Waals surface area contributed by atoms with Crippen LogP contribution in [0, 0.1) is 0 Å². The smallest absolute Gasteiger partial charge is 0.280 e. The second-order valence-electron chi connectivity index (χ2n) is 3.90. The van der Waals surface area contributed by atoms with Crippen molar-refractivity contribution < 1.29 is 4.79 Å². The Morgan fingerprint density at radius 2 is 1.89 bits per heavy atom. The van der Waals surface area contributed by atoms with Crippen molar-refractivity contribution in [2.75, 3.05) is 0 Å². The van der Waals surface area contributed by atoms with E-state index in [2.05, 4.69) is 4.99 Å². The zero-order valence-corrected chi connectivity index (χ0v) is 9.78. The lowest BCUT2D eigenvalue weighted by molar-refractivity contribution is 0.100. The number of hydrogen-bond acceptors (Lipinski definition) is 1. The van der Waals surface area contributed by atoms with E-state index in [4.69, 9.17) is 11.5 Å². The van der Waals surface area contributed by atoms with E-state index in [1.54, 1.807) is 12.1 Å². The zero-order valence-electron chi connectivity index (χ0n) is 9.78. The summed E-state index contributed by atoms with van der Waals surface area (Å²) < 4.78 is 2.02. The Morgan fingerprint density at radius 1 is 1.17 bits per heavy atom. The maximum atomic E-state index is 11.7. The van der Waals surface area contributed by atoms with Crippen LogP contribution in [0.3, 0.4) is 0 Å². The molecule has 0 aliphatic rings. The molecule has 2 rings (SSSR count). The first-order valence-electron chi connectivity index (χ1n) is 5.49. The fourth-order valence-corrected chi connectivity index (χ4v) is 1.67. The number of carbonyl (C=O) groups is 1. The number of guanidine groups is 1. The normalized spacial score (nSPS) is 10.0. The number of carbonyl (C=O) groups excluding carboxylic acids is 1. The van der Waals surface area contributed by atoms with Gasteiger partial charge < -0.3 is 16.0 Å². The lowest BCUT2D eigenvalue weighted by Crippen LogP contribution is -2.24. The van der Waals surface area contributed by atoms with Crippen molar-refractivity contribution >= 4 is 11.9 Å².